The van der Waals surface area contributed by atoms with Crippen LogP contribution in [0.15, 0.2) is 77.8 Å². The van der Waals surface area contributed by atoms with Gasteiger partial charge in [0.05, 0.1) is 6.33 Å². The van der Waals surface area contributed by atoms with Crippen molar-refractivity contribution in [3.05, 3.63) is 88.9 Å². The highest BCUT2D eigenvalue weighted by atomic mass is 79.9. The topological polar surface area (TPSA) is 17.8 Å². The first-order chi connectivity index (χ1) is 9.83. The van der Waals surface area contributed by atoms with Crippen LogP contribution < -0.4 is 0 Å². The SMILES string of the molecule is Brc1ccc(C(Cn2ccnc2)c2ccccc2)cc1. The quantitative estimate of drug-likeness (QED) is 0.691. The van der Waals surface area contributed by atoms with Gasteiger partial charge in [-0.1, -0.05) is 58.4 Å². The molecular formula is C17H15BrN2. The molecule has 0 N–H and O–H groups in total. The van der Waals surface area contributed by atoms with E-state index in [1.54, 1.807) is 0 Å². The van der Waals surface area contributed by atoms with E-state index < -0.39 is 0 Å². The molecular weight excluding hydrogens is 312 g/mol. The molecule has 3 rings (SSSR count). The third-order valence-corrected chi connectivity index (χ3v) is 3.96. The number of imidazole rings is 1. The van der Waals surface area contributed by atoms with Crippen LogP contribution in [-0.2, 0) is 6.54 Å². The molecule has 0 aliphatic heterocycles. The molecule has 0 aliphatic carbocycles. The van der Waals surface area contributed by atoms with Gasteiger partial charge in [0, 0.05) is 29.3 Å². The number of benzene rings is 2. The maximum absolute atomic E-state index is 4.13. The Bertz CT molecular complexity index is 645. The van der Waals surface area contributed by atoms with Crippen LogP contribution in [0.2, 0.25) is 0 Å². The molecule has 1 heterocycles. The Hall–Kier alpha value is -1.87. The summed E-state index contributed by atoms with van der Waals surface area (Å²) in [5.41, 5.74) is 2.64. The van der Waals surface area contributed by atoms with Crippen molar-refractivity contribution in [2.24, 2.45) is 0 Å². The minimum Gasteiger partial charge on any atom is -0.337 e. The summed E-state index contributed by atoms with van der Waals surface area (Å²) in [6.07, 6.45) is 5.70. The Labute approximate surface area is 127 Å². The predicted octanol–water partition coefficient (Wildman–Crippen LogP) is 4.48. The maximum atomic E-state index is 4.13. The number of rotatable bonds is 4. The second kappa shape index (κ2) is 6.06. The average molecular weight is 327 g/mol. The smallest absolute Gasteiger partial charge is 0.0946 e. The second-order valence-electron chi connectivity index (χ2n) is 4.77. The molecule has 3 heteroatoms. The van der Waals surface area contributed by atoms with Crippen molar-refractivity contribution in [3.8, 4) is 0 Å². The standard InChI is InChI=1S/C17H15BrN2/c18-16-8-6-15(7-9-16)17(12-20-11-10-19-13-20)14-4-2-1-3-5-14/h1-11,13,17H,12H2. The highest BCUT2D eigenvalue weighted by Gasteiger charge is 2.14. The molecule has 0 aliphatic rings. The zero-order chi connectivity index (χ0) is 13.8. The van der Waals surface area contributed by atoms with E-state index >= 15 is 0 Å². The molecule has 1 aromatic heterocycles. The Morgan fingerprint density at radius 1 is 0.950 bits per heavy atom. The molecule has 0 spiro atoms. The zero-order valence-corrected chi connectivity index (χ0v) is 12.6. The van der Waals surface area contributed by atoms with Crippen LogP contribution in [0, 0.1) is 0 Å². The number of aromatic nitrogens is 2. The molecule has 0 saturated carbocycles. The van der Waals surface area contributed by atoms with E-state index in [-0.39, 0.29) is 0 Å². The van der Waals surface area contributed by atoms with E-state index in [1.165, 1.54) is 11.1 Å². The Morgan fingerprint density at radius 3 is 2.30 bits per heavy atom. The van der Waals surface area contributed by atoms with Crippen molar-refractivity contribution in [2.45, 2.75) is 12.5 Å². The lowest BCUT2D eigenvalue weighted by Gasteiger charge is -2.18. The number of hydrogen-bond donors (Lipinski definition) is 0. The van der Waals surface area contributed by atoms with Crippen molar-refractivity contribution < 1.29 is 0 Å². The van der Waals surface area contributed by atoms with Crippen LogP contribution in [-0.4, -0.2) is 9.55 Å². The molecule has 0 amide bonds. The Kier molecular flexibility index (Phi) is 3.97. The number of nitrogens with zero attached hydrogens (tertiary/aromatic N) is 2. The van der Waals surface area contributed by atoms with E-state index in [0.717, 1.165) is 11.0 Å². The highest BCUT2D eigenvalue weighted by Crippen LogP contribution is 2.27. The summed E-state index contributed by atoms with van der Waals surface area (Å²) >= 11 is 3.50. The van der Waals surface area contributed by atoms with Crippen LogP contribution >= 0.6 is 15.9 Å². The fraction of sp³-hybridized carbons (Fsp3) is 0.118. The lowest BCUT2D eigenvalue weighted by molar-refractivity contribution is 0.623. The Morgan fingerprint density at radius 2 is 1.65 bits per heavy atom. The molecule has 3 aromatic rings. The van der Waals surface area contributed by atoms with Crippen LogP contribution in [0.5, 0.6) is 0 Å². The molecule has 1 atom stereocenters. The normalized spacial score (nSPS) is 12.2. The third-order valence-electron chi connectivity index (χ3n) is 3.43. The van der Waals surface area contributed by atoms with E-state index in [9.17, 15) is 0 Å². The average Bonchev–Trinajstić information content (AvgIpc) is 3.00. The van der Waals surface area contributed by atoms with Gasteiger partial charge < -0.3 is 4.57 Å². The molecule has 0 radical (unpaired) electrons. The largest absolute Gasteiger partial charge is 0.337 e. The van der Waals surface area contributed by atoms with Crippen molar-refractivity contribution >= 4 is 15.9 Å². The molecule has 0 saturated heterocycles. The lowest BCUT2D eigenvalue weighted by atomic mass is 9.91. The summed E-state index contributed by atoms with van der Waals surface area (Å²) in [5.74, 6) is 0.332. The van der Waals surface area contributed by atoms with Gasteiger partial charge in [-0.05, 0) is 23.3 Å². The second-order valence-corrected chi connectivity index (χ2v) is 5.69. The van der Waals surface area contributed by atoms with E-state index in [4.69, 9.17) is 0 Å². The van der Waals surface area contributed by atoms with Crippen molar-refractivity contribution in [1.29, 1.82) is 0 Å². The first-order valence-electron chi connectivity index (χ1n) is 6.59. The predicted molar refractivity (Wildman–Crippen MR) is 84.7 cm³/mol. The molecule has 1 unspecified atom stereocenters. The first kappa shape index (κ1) is 13.1. The lowest BCUT2D eigenvalue weighted by Crippen LogP contribution is -2.09. The van der Waals surface area contributed by atoms with Gasteiger partial charge in [-0.25, -0.2) is 4.98 Å². The van der Waals surface area contributed by atoms with Crippen LogP contribution in [0.3, 0.4) is 0 Å². The summed E-state index contributed by atoms with van der Waals surface area (Å²) < 4.78 is 3.23. The van der Waals surface area contributed by atoms with Gasteiger partial charge in [0.15, 0.2) is 0 Å². The summed E-state index contributed by atoms with van der Waals surface area (Å²) in [5, 5.41) is 0. The summed E-state index contributed by atoms with van der Waals surface area (Å²) in [6.45, 7) is 0.894. The zero-order valence-electron chi connectivity index (χ0n) is 11.0. The molecule has 100 valence electrons. The van der Waals surface area contributed by atoms with Gasteiger partial charge in [0.1, 0.15) is 0 Å². The highest BCUT2D eigenvalue weighted by molar-refractivity contribution is 9.10. The minimum absolute atomic E-state index is 0.332. The molecule has 0 bridgehead atoms. The van der Waals surface area contributed by atoms with Gasteiger partial charge >= 0.3 is 0 Å². The molecule has 0 fully saturated rings. The minimum atomic E-state index is 0.332. The van der Waals surface area contributed by atoms with Gasteiger partial charge in [0.2, 0.25) is 0 Å². The van der Waals surface area contributed by atoms with Crippen molar-refractivity contribution in [3.63, 3.8) is 0 Å². The fourth-order valence-electron chi connectivity index (χ4n) is 2.39. The van der Waals surface area contributed by atoms with Crippen LogP contribution in [0.25, 0.3) is 0 Å². The summed E-state index contributed by atoms with van der Waals surface area (Å²) in [4.78, 5) is 4.13. The van der Waals surface area contributed by atoms with Crippen molar-refractivity contribution in [2.75, 3.05) is 0 Å². The van der Waals surface area contributed by atoms with Crippen molar-refractivity contribution in [1.82, 2.24) is 9.55 Å². The third kappa shape index (κ3) is 2.99. The maximum Gasteiger partial charge on any atom is 0.0946 e. The monoisotopic (exact) mass is 326 g/mol. The Balaban J connectivity index is 1.97. The van der Waals surface area contributed by atoms with Crippen LogP contribution in [0.4, 0.5) is 0 Å². The van der Waals surface area contributed by atoms with Gasteiger partial charge in [-0.3, -0.25) is 0 Å². The fourth-order valence-corrected chi connectivity index (χ4v) is 2.65. The number of hydrogen-bond acceptors (Lipinski definition) is 1. The molecule has 2 nitrogen and oxygen atoms in total. The van der Waals surface area contributed by atoms with E-state index in [1.807, 2.05) is 18.7 Å². The van der Waals surface area contributed by atoms with E-state index in [2.05, 4.69) is 80.1 Å². The first-order valence-corrected chi connectivity index (χ1v) is 7.38. The summed E-state index contributed by atoms with van der Waals surface area (Å²) in [7, 11) is 0. The molecule has 2 aromatic carbocycles. The van der Waals surface area contributed by atoms with Gasteiger partial charge in [-0.2, -0.15) is 0 Å². The van der Waals surface area contributed by atoms with Crippen LogP contribution in [0.1, 0.15) is 17.0 Å². The van der Waals surface area contributed by atoms with Gasteiger partial charge in [-0.15, -0.1) is 0 Å². The number of halogens is 1. The summed E-state index contributed by atoms with van der Waals surface area (Å²) in [6, 6.07) is 19.2. The van der Waals surface area contributed by atoms with Gasteiger partial charge in [0.25, 0.3) is 0 Å². The van der Waals surface area contributed by atoms with E-state index in [0.29, 0.717) is 5.92 Å². The molecule has 20 heavy (non-hydrogen) atoms.